The van der Waals surface area contributed by atoms with Crippen LogP contribution in [0, 0.1) is 0 Å². The summed E-state index contributed by atoms with van der Waals surface area (Å²) in [4.78, 5) is 6.47. The molecule has 0 aliphatic rings. The Morgan fingerprint density at radius 1 is 1.10 bits per heavy atom. The maximum atomic E-state index is 11.8. The molecule has 54 valence electrons. The monoisotopic (exact) mass is 147 g/mol. The van der Waals surface area contributed by atoms with Crippen molar-refractivity contribution in [3.05, 3.63) is 18.7 Å². The van der Waals surface area contributed by atoms with E-state index in [2.05, 4.69) is 9.97 Å². The molecular formula is C4H3BF3N2-. The van der Waals surface area contributed by atoms with Crippen molar-refractivity contribution in [2.45, 2.75) is 0 Å². The van der Waals surface area contributed by atoms with Gasteiger partial charge in [-0.1, -0.05) is 5.46 Å². The van der Waals surface area contributed by atoms with E-state index in [0.29, 0.717) is 0 Å². The highest BCUT2D eigenvalue weighted by molar-refractivity contribution is 6.73. The van der Waals surface area contributed by atoms with E-state index in [1.165, 1.54) is 0 Å². The molecule has 2 nitrogen and oxygen atoms in total. The van der Waals surface area contributed by atoms with Gasteiger partial charge in [0.15, 0.2) is 0 Å². The summed E-state index contributed by atoms with van der Waals surface area (Å²) in [5.41, 5.74) is -0.762. The van der Waals surface area contributed by atoms with Gasteiger partial charge in [-0.15, -0.1) is 0 Å². The second kappa shape index (κ2) is 2.28. The van der Waals surface area contributed by atoms with Gasteiger partial charge >= 0.3 is 6.98 Å². The van der Waals surface area contributed by atoms with Gasteiger partial charge in [-0.05, 0) is 0 Å². The third-order valence-electron chi connectivity index (χ3n) is 0.959. The Morgan fingerprint density at radius 3 is 1.90 bits per heavy atom. The minimum Gasteiger partial charge on any atom is -0.445 e. The molecule has 0 bridgehead atoms. The predicted octanol–water partition coefficient (Wildman–Crippen LogP) is 0.531. The molecule has 0 spiro atoms. The van der Waals surface area contributed by atoms with Crippen LogP contribution in [-0.2, 0) is 0 Å². The number of halogens is 3. The van der Waals surface area contributed by atoms with Crippen LogP contribution >= 0.6 is 0 Å². The first-order valence-corrected chi connectivity index (χ1v) is 2.55. The highest BCUT2D eigenvalue weighted by atomic mass is 19.4. The Kier molecular flexibility index (Phi) is 1.61. The summed E-state index contributed by atoms with van der Waals surface area (Å²) >= 11 is 0. The average molecular weight is 147 g/mol. The molecule has 0 N–H and O–H groups in total. The SMILES string of the molecule is F[B-](F)(F)c1cncnc1. The summed E-state index contributed by atoms with van der Waals surface area (Å²) in [6.07, 6.45) is 2.57. The van der Waals surface area contributed by atoms with E-state index in [9.17, 15) is 12.9 Å². The maximum Gasteiger partial charge on any atom is 0.512 e. The average Bonchev–Trinajstić information content (AvgIpc) is 1.88. The van der Waals surface area contributed by atoms with E-state index in [-0.39, 0.29) is 0 Å². The summed E-state index contributed by atoms with van der Waals surface area (Å²) < 4.78 is 35.3. The topological polar surface area (TPSA) is 25.8 Å². The van der Waals surface area contributed by atoms with Crippen LogP contribution in [0.1, 0.15) is 0 Å². The molecule has 1 aromatic rings. The fourth-order valence-corrected chi connectivity index (χ4v) is 0.480. The summed E-state index contributed by atoms with van der Waals surface area (Å²) in [6, 6.07) is 0. The number of hydrogen-bond donors (Lipinski definition) is 0. The van der Waals surface area contributed by atoms with E-state index in [0.717, 1.165) is 18.7 Å². The standard InChI is InChI=1S/C4H3BF3N2/c6-5(7,8)4-1-9-3-10-2-4/h1-3H/q-1. The van der Waals surface area contributed by atoms with Crippen molar-refractivity contribution < 1.29 is 12.9 Å². The highest BCUT2D eigenvalue weighted by Gasteiger charge is 2.25. The van der Waals surface area contributed by atoms with Gasteiger partial charge in [-0.2, -0.15) is 0 Å². The van der Waals surface area contributed by atoms with Crippen LogP contribution in [0.5, 0.6) is 0 Å². The Balaban J connectivity index is 2.97. The van der Waals surface area contributed by atoms with Crippen LogP contribution in [0.4, 0.5) is 12.9 Å². The zero-order chi connectivity index (χ0) is 7.61. The smallest absolute Gasteiger partial charge is 0.445 e. The molecule has 0 saturated heterocycles. The van der Waals surface area contributed by atoms with Gasteiger partial charge < -0.3 is 12.9 Å². The summed E-state index contributed by atoms with van der Waals surface area (Å²) in [5.74, 6) is 0. The molecular weight excluding hydrogens is 144 g/mol. The maximum absolute atomic E-state index is 11.8. The molecule has 0 atom stereocenters. The van der Waals surface area contributed by atoms with Gasteiger partial charge in [0.2, 0.25) is 0 Å². The van der Waals surface area contributed by atoms with Crippen molar-refractivity contribution in [2.24, 2.45) is 0 Å². The molecule has 0 fully saturated rings. The lowest BCUT2D eigenvalue weighted by molar-refractivity contribution is 0.500. The van der Waals surface area contributed by atoms with Gasteiger partial charge in [-0.3, -0.25) is 0 Å². The normalized spacial score (nSPS) is 11.5. The minimum atomic E-state index is -4.93. The third kappa shape index (κ3) is 1.46. The van der Waals surface area contributed by atoms with Crippen molar-refractivity contribution in [1.82, 2.24) is 9.97 Å². The largest absolute Gasteiger partial charge is 0.512 e. The van der Waals surface area contributed by atoms with Crippen molar-refractivity contribution in [1.29, 1.82) is 0 Å². The van der Waals surface area contributed by atoms with Crippen molar-refractivity contribution in [3.63, 3.8) is 0 Å². The van der Waals surface area contributed by atoms with Crippen molar-refractivity contribution in [2.75, 3.05) is 0 Å². The zero-order valence-corrected chi connectivity index (χ0v) is 4.84. The van der Waals surface area contributed by atoms with E-state index in [4.69, 9.17) is 0 Å². The molecule has 0 aliphatic heterocycles. The van der Waals surface area contributed by atoms with E-state index >= 15 is 0 Å². The number of nitrogens with zero attached hydrogens (tertiary/aromatic N) is 2. The second-order valence-electron chi connectivity index (χ2n) is 1.75. The molecule has 0 saturated carbocycles. The third-order valence-corrected chi connectivity index (χ3v) is 0.959. The first-order chi connectivity index (χ1) is 4.61. The van der Waals surface area contributed by atoms with Crippen LogP contribution in [0.2, 0.25) is 0 Å². The highest BCUT2D eigenvalue weighted by Crippen LogP contribution is 2.05. The lowest BCUT2D eigenvalue weighted by atomic mass is 9.83. The predicted molar refractivity (Wildman–Crippen MR) is 30.7 cm³/mol. The molecule has 6 heteroatoms. The quantitative estimate of drug-likeness (QED) is 0.541. The summed E-state index contributed by atoms with van der Waals surface area (Å²) in [6.45, 7) is -4.93. The number of aromatic nitrogens is 2. The van der Waals surface area contributed by atoms with Crippen LogP contribution in [0.25, 0.3) is 0 Å². The Labute approximate surface area is 55.2 Å². The Hall–Kier alpha value is -1.07. The number of rotatable bonds is 1. The van der Waals surface area contributed by atoms with E-state index < -0.39 is 12.4 Å². The lowest BCUT2D eigenvalue weighted by Gasteiger charge is -2.11. The lowest BCUT2D eigenvalue weighted by Crippen LogP contribution is -2.34. The molecule has 1 rings (SSSR count). The van der Waals surface area contributed by atoms with Crippen molar-refractivity contribution in [3.8, 4) is 0 Å². The zero-order valence-electron chi connectivity index (χ0n) is 4.84. The summed E-state index contributed by atoms with van der Waals surface area (Å²) in [7, 11) is 0. The molecule has 0 unspecified atom stereocenters. The Bertz CT molecular complexity index is 209. The molecule has 0 aliphatic carbocycles. The van der Waals surface area contributed by atoms with Gasteiger partial charge in [0, 0.05) is 12.4 Å². The minimum absolute atomic E-state index is 0.757. The van der Waals surface area contributed by atoms with Crippen LogP contribution in [-0.4, -0.2) is 16.9 Å². The molecule has 1 aromatic heterocycles. The first kappa shape index (κ1) is 7.05. The summed E-state index contributed by atoms with van der Waals surface area (Å²) in [5, 5.41) is 0. The molecule has 0 aromatic carbocycles. The Morgan fingerprint density at radius 2 is 1.60 bits per heavy atom. The van der Waals surface area contributed by atoms with E-state index in [1.807, 2.05) is 0 Å². The van der Waals surface area contributed by atoms with Crippen LogP contribution in [0.15, 0.2) is 18.7 Å². The molecule has 0 radical (unpaired) electrons. The molecule has 1 heterocycles. The van der Waals surface area contributed by atoms with Crippen LogP contribution in [0.3, 0.4) is 0 Å². The molecule has 10 heavy (non-hydrogen) atoms. The van der Waals surface area contributed by atoms with E-state index in [1.54, 1.807) is 0 Å². The fourth-order valence-electron chi connectivity index (χ4n) is 0.480. The number of hydrogen-bond acceptors (Lipinski definition) is 2. The fraction of sp³-hybridized carbons (Fsp3) is 0. The van der Waals surface area contributed by atoms with Gasteiger partial charge in [0.05, 0.1) is 0 Å². The van der Waals surface area contributed by atoms with Crippen molar-refractivity contribution >= 4 is 12.4 Å². The van der Waals surface area contributed by atoms with Crippen LogP contribution < -0.4 is 5.46 Å². The van der Waals surface area contributed by atoms with Gasteiger partial charge in [0.1, 0.15) is 6.33 Å². The van der Waals surface area contributed by atoms with Gasteiger partial charge in [0.25, 0.3) is 0 Å². The first-order valence-electron chi connectivity index (χ1n) is 2.55. The van der Waals surface area contributed by atoms with Gasteiger partial charge in [-0.25, -0.2) is 9.97 Å². The molecule has 0 amide bonds. The second-order valence-corrected chi connectivity index (χ2v) is 1.75.